The van der Waals surface area contributed by atoms with E-state index in [1.807, 2.05) is 17.9 Å². The van der Waals surface area contributed by atoms with Crippen LogP contribution in [0.4, 0.5) is 19.4 Å². The molecule has 250 valence electrons. The molecule has 4 aromatic rings. The van der Waals surface area contributed by atoms with E-state index < -0.39 is 23.3 Å². The van der Waals surface area contributed by atoms with Gasteiger partial charge < -0.3 is 24.8 Å². The SMILES string of the molecule is C=C[C@H]1CN2CCC[C@@]2(COc2nc(N3CCCC4(COC(=O)N4)C3)c3cnc(-c4cc(O)cc5ccc(F)c(CC)c45)c(F)c3n2)C1. The molecule has 0 saturated carbocycles. The van der Waals surface area contributed by atoms with Gasteiger partial charge in [0.1, 0.15) is 41.8 Å². The van der Waals surface area contributed by atoms with Gasteiger partial charge in [0.2, 0.25) is 0 Å². The van der Waals surface area contributed by atoms with Gasteiger partial charge in [-0.3, -0.25) is 9.88 Å². The molecule has 4 aliphatic rings. The summed E-state index contributed by atoms with van der Waals surface area (Å²) < 4.78 is 43.7. The highest BCUT2D eigenvalue weighted by atomic mass is 19.1. The van der Waals surface area contributed by atoms with E-state index in [-0.39, 0.29) is 40.7 Å². The van der Waals surface area contributed by atoms with Crippen molar-refractivity contribution >= 4 is 33.6 Å². The van der Waals surface area contributed by atoms with Gasteiger partial charge in [-0.25, -0.2) is 13.6 Å². The fourth-order valence-electron chi connectivity index (χ4n) is 8.50. The Kier molecular flexibility index (Phi) is 7.39. The zero-order chi connectivity index (χ0) is 33.2. The van der Waals surface area contributed by atoms with Gasteiger partial charge in [0.15, 0.2) is 5.82 Å². The van der Waals surface area contributed by atoms with E-state index in [0.717, 1.165) is 45.2 Å². The first kappa shape index (κ1) is 30.7. The van der Waals surface area contributed by atoms with E-state index in [1.165, 1.54) is 24.4 Å². The van der Waals surface area contributed by atoms with Crippen LogP contribution in [-0.4, -0.2) is 81.5 Å². The second-order valence-corrected chi connectivity index (χ2v) is 13.8. The number of aromatic nitrogens is 3. The van der Waals surface area contributed by atoms with Crippen LogP contribution in [0.2, 0.25) is 0 Å². The average molecular weight is 657 g/mol. The van der Waals surface area contributed by atoms with Crippen LogP contribution >= 0.6 is 0 Å². The number of anilines is 1. The molecule has 2 N–H and O–H groups in total. The van der Waals surface area contributed by atoms with Crippen LogP contribution in [0, 0.1) is 17.6 Å². The molecule has 1 amide bonds. The van der Waals surface area contributed by atoms with E-state index >= 15 is 8.78 Å². The lowest BCUT2D eigenvalue weighted by Gasteiger charge is -2.39. The number of halogens is 2. The van der Waals surface area contributed by atoms with Crippen molar-refractivity contribution in [2.45, 2.75) is 56.5 Å². The first-order valence-electron chi connectivity index (χ1n) is 16.7. The van der Waals surface area contributed by atoms with Crippen molar-refractivity contribution in [3.8, 4) is 23.0 Å². The van der Waals surface area contributed by atoms with Crippen molar-refractivity contribution < 1.29 is 28.2 Å². The van der Waals surface area contributed by atoms with Gasteiger partial charge in [0.25, 0.3) is 0 Å². The maximum Gasteiger partial charge on any atom is 0.407 e. The zero-order valence-electron chi connectivity index (χ0n) is 26.9. The molecule has 8 rings (SSSR count). The van der Waals surface area contributed by atoms with Crippen molar-refractivity contribution in [2.24, 2.45) is 5.92 Å². The van der Waals surface area contributed by atoms with Crippen molar-refractivity contribution in [2.75, 3.05) is 44.3 Å². The van der Waals surface area contributed by atoms with Crippen molar-refractivity contribution in [3.05, 3.63) is 60.3 Å². The van der Waals surface area contributed by atoms with Gasteiger partial charge in [0, 0.05) is 31.4 Å². The number of fused-ring (bicyclic) bond motifs is 3. The molecule has 10 nitrogen and oxygen atoms in total. The van der Waals surface area contributed by atoms with Crippen molar-refractivity contribution in [1.29, 1.82) is 0 Å². The Bertz CT molecular complexity index is 1970. The lowest BCUT2D eigenvalue weighted by atomic mass is 9.90. The maximum atomic E-state index is 17.0. The fraction of sp³-hybridized carbons (Fsp3) is 0.444. The summed E-state index contributed by atoms with van der Waals surface area (Å²) in [4.78, 5) is 30.6. The Labute approximate surface area is 276 Å². The van der Waals surface area contributed by atoms with Crippen molar-refractivity contribution in [1.82, 2.24) is 25.2 Å². The molecule has 4 saturated heterocycles. The number of carbonyl (C=O) groups is 1. The number of aryl methyl sites for hydroxylation is 1. The third kappa shape index (κ3) is 4.99. The van der Waals surface area contributed by atoms with Gasteiger partial charge in [-0.15, -0.1) is 6.58 Å². The maximum absolute atomic E-state index is 17.0. The number of phenolic OH excluding ortho intramolecular Hbond substituents is 1. The lowest BCUT2D eigenvalue weighted by molar-refractivity contribution is 0.107. The standard InChI is InChI=1S/C36H38F2N6O4/c1-3-21-15-36(10-6-12-44(36)17-21)20-47-33-40-31-26(32(41-33)43-11-5-9-35(18-43)19-48-34(46)42-35)16-39-30(29(31)38)25-14-23(45)13-22-7-8-27(37)24(4-2)28(22)25/h3,7-8,13-14,16,21,45H,1,4-6,9-12,15,17-20H2,2H3,(H,42,46)/t21-,35?,36+/m1/s1. The number of amides is 1. The highest BCUT2D eigenvalue weighted by molar-refractivity contribution is 6.01. The molecule has 1 spiro atoms. The summed E-state index contributed by atoms with van der Waals surface area (Å²) in [7, 11) is 0. The van der Waals surface area contributed by atoms with Crippen LogP contribution < -0.4 is 15.0 Å². The van der Waals surface area contributed by atoms with Gasteiger partial charge in [-0.05, 0) is 85.5 Å². The van der Waals surface area contributed by atoms with E-state index in [0.29, 0.717) is 59.6 Å². The number of nitrogens with one attached hydrogen (secondary N) is 1. The summed E-state index contributed by atoms with van der Waals surface area (Å²) in [5.41, 5.74) is -0.128. The number of hydrogen-bond acceptors (Lipinski definition) is 9. The van der Waals surface area contributed by atoms with Crippen LogP contribution in [0.15, 0.2) is 43.1 Å². The fourth-order valence-corrected chi connectivity index (χ4v) is 8.50. The van der Waals surface area contributed by atoms with Crippen LogP contribution in [0.3, 0.4) is 0 Å². The van der Waals surface area contributed by atoms with Crippen LogP contribution in [-0.2, 0) is 11.2 Å². The average Bonchev–Trinajstić information content (AvgIpc) is 3.75. The molecular formula is C36H38F2N6O4. The first-order chi connectivity index (χ1) is 23.2. The third-order valence-electron chi connectivity index (χ3n) is 10.8. The van der Waals surface area contributed by atoms with Gasteiger partial charge in [-0.2, -0.15) is 9.97 Å². The molecule has 4 aliphatic heterocycles. The Morgan fingerprint density at radius 3 is 2.85 bits per heavy atom. The molecular weight excluding hydrogens is 618 g/mol. The summed E-state index contributed by atoms with van der Waals surface area (Å²) in [6.07, 6.45) is 7.91. The Morgan fingerprint density at radius 2 is 2.06 bits per heavy atom. The predicted octanol–water partition coefficient (Wildman–Crippen LogP) is 5.89. The van der Waals surface area contributed by atoms with Crippen LogP contribution in [0.1, 0.15) is 44.6 Å². The van der Waals surface area contributed by atoms with Crippen LogP contribution in [0.5, 0.6) is 11.8 Å². The minimum Gasteiger partial charge on any atom is -0.508 e. The molecule has 3 atom stereocenters. The summed E-state index contributed by atoms with van der Waals surface area (Å²) in [6.45, 7) is 9.37. The minimum atomic E-state index is -0.725. The largest absolute Gasteiger partial charge is 0.508 e. The molecule has 12 heteroatoms. The lowest BCUT2D eigenvalue weighted by Crippen LogP contribution is -2.56. The van der Waals surface area contributed by atoms with Gasteiger partial charge in [0.05, 0.1) is 16.5 Å². The number of nitrogens with zero attached hydrogens (tertiary/aromatic N) is 5. The topological polar surface area (TPSA) is 113 Å². The van der Waals surface area contributed by atoms with Crippen molar-refractivity contribution in [3.63, 3.8) is 0 Å². The number of alkyl carbamates (subject to hydrolysis) is 1. The number of pyridine rings is 1. The Balaban J connectivity index is 1.26. The zero-order valence-corrected chi connectivity index (χ0v) is 26.9. The van der Waals surface area contributed by atoms with E-state index in [2.05, 4.69) is 26.8 Å². The van der Waals surface area contributed by atoms with Crippen LogP contribution in [0.25, 0.3) is 32.9 Å². The second-order valence-electron chi connectivity index (χ2n) is 13.8. The number of cyclic esters (lactones) is 1. The number of benzene rings is 2. The van der Waals surface area contributed by atoms with E-state index in [4.69, 9.17) is 14.5 Å². The molecule has 2 aromatic heterocycles. The van der Waals surface area contributed by atoms with Gasteiger partial charge >= 0.3 is 12.1 Å². The number of aromatic hydroxyl groups is 1. The minimum absolute atomic E-state index is 0.00782. The summed E-state index contributed by atoms with van der Waals surface area (Å²) >= 11 is 0. The number of phenols is 1. The van der Waals surface area contributed by atoms with E-state index in [9.17, 15) is 9.90 Å². The van der Waals surface area contributed by atoms with Gasteiger partial charge in [-0.1, -0.05) is 19.1 Å². The first-order valence-corrected chi connectivity index (χ1v) is 16.7. The molecule has 1 unspecified atom stereocenters. The normalized spacial score (nSPS) is 25.5. The molecule has 6 heterocycles. The number of hydrogen-bond donors (Lipinski definition) is 2. The molecule has 48 heavy (non-hydrogen) atoms. The number of piperidine rings is 1. The summed E-state index contributed by atoms with van der Waals surface area (Å²) in [5, 5.41) is 15.0. The molecule has 0 aliphatic carbocycles. The second kappa shape index (κ2) is 11.5. The smallest absolute Gasteiger partial charge is 0.407 e. The Hall–Kier alpha value is -4.58. The number of rotatable bonds is 7. The molecule has 0 radical (unpaired) electrons. The number of carbonyl (C=O) groups excluding carboxylic acids is 1. The third-order valence-corrected chi connectivity index (χ3v) is 10.8. The number of ether oxygens (including phenoxy) is 2. The monoisotopic (exact) mass is 656 g/mol. The summed E-state index contributed by atoms with van der Waals surface area (Å²) in [5.74, 6) is -0.404. The quantitative estimate of drug-likeness (QED) is 0.235. The molecule has 4 fully saturated rings. The predicted molar refractivity (Wildman–Crippen MR) is 177 cm³/mol. The summed E-state index contributed by atoms with van der Waals surface area (Å²) in [6, 6.07) is 5.92. The molecule has 2 aromatic carbocycles. The Morgan fingerprint density at radius 1 is 1.21 bits per heavy atom. The molecule has 0 bridgehead atoms. The van der Waals surface area contributed by atoms with E-state index in [1.54, 1.807) is 6.07 Å². The highest BCUT2D eigenvalue weighted by Gasteiger charge is 2.48. The highest BCUT2D eigenvalue weighted by Crippen LogP contribution is 2.43.